The highest BCUT2D eigenvalue weighted by Crippen LogP contribution is 2.43. The van der Waals surface area contributed by atoms with Crippen LogP contribution in [0.15, 0.2) is 77.8 Å². The van der Waals surface area contributed by atoms with Crippen molar-refractivity contribution in [2.45, 2.75) is 39.7 Å². The summed E-state index contributed by atoms with van der Waals surface area (Å²) in [6.07, 6.45) is 2.06. The number of carbonyl (C=O) groups is 3. The minimum absolute atomic E-state index is 0.202. The smallest absolute Gasteiger partial charge is 0.348 e. The largest absolute Gasteiger partial charge is 0.462 e. The molecule has 48 heavy (non-hydrogen) atoms. The first-order valence-electron chi connectivity index (χ1n) is 16.3. The highest BCUT2D eigenvalue weighted by molar-refractivity contribution is 7.16. The maximum Gasteiger partial charge on any atom is 0.348 e. The zero-order valence-electron chi connectivity index (χ0n) is 27.2. The summed E-state index contributed by atoms with van der Waals surface area (Å²) in [5, 5.41) is 3.01. The van der Waals surface area contributed by atoms with Crippen LogP contribution in [0, 0.1) is 12.3 Å². The Morgan fingerprint density at radius 3 is 2.50 bits per heavy atom. The van der Waals surface area contributed by atoms with E-state index in [-0.39, 0.29) is 23.2 Å². The van der Waals surface area contributed by atoms with Gasteiger partial charge in [-0.3, -0.25) is 14.5 Å². The number of hydrogen-bond donors (Lipinski definition) is 1. The molecule has 1 atom stereocenters. The van der Waals surface area contributed by atoms with Gasteiger partial charge in [-0.15, -0.1) is 11.3 Å². The van der Waals surface area contributed by atoms with Gasteiger partial charge in [0.2, 0.25) is 0 Å². The van der Waals surface area contributed by atoms with Crippen molar-refractivity contribution in [2.24, 2.45) is 10.4 Å². The van der Waals surface area contributed by atoms with Crippen molar-refractivity contribution in [3.63, 3.8) is 0 Å². The Balaban J connectivity index is 1.08. The first-order chi connectivity index (χ1) is 23.2. The van der Waals surface area contributed by atoms with E-state index in [2.05, 4.69) is 10.2 Å². The van der Waals surface area contributed by atoms with E-state index in [1.807, 2.05) is 56.3 Å². The molecule has 0 bridgehead atoms. The number of aromatic nitrogens is 1. The predicted octanol–water partition coefficient (Wildman–Crippen LogP) is 6.67. The molecule has 1 N–H and O–H groups in total. The summed E-state index contributed by atoms with van der Waals surface area (Å²) in [7, 11) is 0. The summed E-state index contributed by atoms with van der Waals surface area (Å²) in [5.74, 6) is -0.127. The van der Waals surface area contributed by atoms with Crippen LogP contribution in [0.4, 0.5) is 22.9 Å². The number of aryl methyl sites for hydroxylation is 1. The number of amides is 2. The molecule has 2 saturated heterocycles. The van der Waals surface area contributed by atoms with Gasteiger partial charge in [0.25, 0.3) is 11.8 Å². The Hall–Kier alpha value is -4.87. The topological polar surface area (TPSA) is 113 Å². The Bertz CT molecular complexity index is 1910. The van der Waals surface area contributed by atoms with Gasteiger partial charge >= 0.3 is 5.97 Å². The molecule has 0 aliphatic carbocycles. The first kappa shape index (κ1) is 31.7. The van der Waals surface area contributed by atoms with Crippen molar-refractivity contribution < 1.29 is 23.9 Å². The van der Waals surface area contributed by atoms with Crippen LogP contribution >= 0.6 is 11.3 Å². The molecule has 10 nitrogen and oxygen atoms in total. The molecular formula is C37H37N5O5S. The Kier molecular flexibility index (Phi) is 8.57. The lowest BCUT2D eigenvalue weighted by Gasteiger charge is -2.53. The highest BCUT2D eigenvalue weighted by atomic mass is 32.1. The second-order valence-electron chi connectivity index (χ2n) is 12.5. The number of rotatable bonds is 7. The third kappa shape index (κ3) is 5.99. The van der Waals surface area contributed by atoms with Crippen LogP contribution in [-0.4, -0.2) is 67.4 Å². The van der Waals surface area contributed by atoms with Gasteiger partial charge in [0.15, 0.2) is 0 Å². The van der Waals surface area contributed by atoms with Crippen LogP contribution in [0.2, 0.25) is 0 Å². The molecule has 246 valence electrons. The molecule has 1 spiro atoms. The van der Waals surface area contributed by atoms with Crippen molar-refractivity contribution in [3.05, 3.63) is 99.4 Å². The van der Waals surface area contributed by atoms with Gasteiger partial charge in [0.1, 0.15) is 10.7 Å². The summed E-state index contributed by atoms with van der Waals surface area (Å²) >= 11 is 1.30. The van der Waals surface area contributed by atoms with Gasteiger partial charge in [-0.25, -0.2) is 14.8 Å². The quantitative estimate of drug-likeness (QED) is 0.220. The zero-order chi connectivity index (χ0) is 33.4. The summed E-state index contributed by atoms with van der Waals surface area (Å²) in [6, 6.07) is 21.3. The standard InChI is InChI=1S/C37H37N5O5S/c1-4-47-36(45)31-16-15-30(48-31)32-24(3)42(29-8-6-5-7-28(29)40-32)35(44)25-10-12-26(13-11-25)39-34(43)27-14-9-23(2)38-33(27)41-21-37(22-41)17-19-46-20-18-37/h5-16,24H,4,17-22H2,1-3H3,(H,39,43). The van der Waals surface area contributed by atoms with Gasteiger partial charge in [-0.05, 0) is 94.3 Å². The molecule has 3 aliphatic rings. The molecule has 2 fully saturated rings. The molecule has 1 unspecified atom stereocenters. The second-order valence-corrected chi connectivity index (χ2v) is 13.6. The fourth-order valence-corrected chi connectivity index (χ4v) is 7.65. The van der Waals surface area contributed by atoms with Crippen molar-refractivity contribution in [2.75, 3.05) is 48.0 Å². The summed E-state index contributed by atoms with van der Waals surface area (Å²) < 4.78 is 10.7. The van der Waals surface area contributed by atoms with Gasteiger partial charge in [0, 0.05) is 48.7 Å². The van der Waals surface area contributed by atoms with E-state index in [9.17, 15) is 14.4 Å². The molecule has 2 aromatic carbocycles. The van der Waals surface area contributed by atoms with E-state index in [1.54, 1.807) is 42.2 Å². The number of hydrogen-bond acceptors (Lipinski definition) is 9. The maximum atomic E-state index is 14.1. The first-order valence-corrected chi connectivity index (χ1v) is 17.1. The summed E-state index contributed by atoms with van der Waals surface area (Å²) in [6.45, 7) is 9.23. The normalized spacial score (nSPS) is 18.1. The zero-order valence-corrected chi connectivity index (χ0v) is 28.0. The van der Waals surface area contributed by atoms with E-state index in [4.69, 9.17) is 19.5 Å². The number of fused-ring (bicyclic) bond motifs is 1. The molecule has 2 amide bonds. The van der Waals surface area contributed by atoms with Crippen molar-refractivity contribution in [3.8, 4) is 0 Å². The minimum Gasteiger partial charge on any atom is -0.462 e. The SMILES string of the molecule is CCOC(=O)c1ccc(C2=Nc3ccccc3N(C(=O)c3ccc(NC(=O)c4ccc(C)nc4N4CC5(CCOCC5)C4)cc3)C2C)s1. The van der Waals surface area contributed by atoms with Crippen LogP contribution in [-0.2, 0) is 9.47 Å². The van der Waals surface area contributed by atoms with Crippen molar-refractivity contribution in [1.82, 2.24) is 4.98 Å². The van der Waals surface area contributed by atoms with Crippen molar-refractivity contribution in [1.29, 1.82) is 0 Å². The fourth-order valence-electron chi connectivity index (χ4n) is 6.68. The number of nitrogens with one attached hydrogen (secondary N) is 1. The maximum absolute atomic E-state index is 14.1. The number of carbonyl (C=O) groups excluding carboxylic acids is 3. The number of aliphatic imine (C=N–C) groups is 1. The Morgan fingerprint density at radius 1 is 1.00 bits per heavy atom. The second kappa shape index (κ2) is 13.0. The Labute approximate surface area is 283 Å². The average molecular weight is 664 g/mol. The number of pyridine rings is 1. The highest BCUT2D eigenvalue weighted by Gasteiger charge is 2.45. The van der Waals surface area contributed by atoms with Crippen molar-refractivity contribution >= 4 is 57.7 Å². The molecule has 0 saturated carbocycles. The van der Waals surface area contributed by atoms with E-state index >= 15 is 0 Å². The predicted molar refractivity (Wildman–Crippen MR) is 187 cm³/mol. The third-order valence-electron chi connectivity index (χ3n) is 9.27. The minimum atomic E-state index is -0.408. The van der Waals surface area contributed by atoms with E-state index in [0.717, 1.165) is 49.7 Å². The number of thiophene rings is 1. The molecule has 2 aromatic heterocycles. The van der Waals surface area contributed by atoms with Crippen LogP contribution in [0.25, 0.3) is 0 Å². The lowest BCUT2D eigenvalue weighted by Crippen LogP contribution is -2.59. The number of benzene rings is 2. The fraction of sp³-hybridized carbons (Fsp3) is 0.324. The molecular weight excluding hydrogens is 627 g/mol. The molecule has 4 aromatic rings. The van der Waals surface area contributed by atoms with Crippen LogP contribution in [0.3, 0.4) is 0 Å². The average Bonchev–Trinajstić information content (AvgIpc) is 3.58. The molecule has 0 radical (unpaired) electrons. The van der Waals surface area contributed by atoms with Crippen LogP contribution < -0.4 is 15.1 Å². The summed E-state index contributed by atoms with van der Waals surface area (Å²) in [5.41, 5.74) is 4.73. The molecule has 3 aliphatic heterocycles. The number of para-hydroxylation sites is 2. The van der Waals surface area contributed by atoms with E-state index in [0.29, 0.717) is 51.2 Å². The molecule has 5 heterocycles. The number of nitrogens with zero attached hydrogens (tertiary/aromatic N) is 4. The van der Waals surface area contributed by atoms with E-state index in [1.165, 1.54) is 11.3 Å². The Morgan fingerprint density at radius 2 is 1.75 bits per heavy atom. The number of ether oxygens (including phenoxy) is 2. The number of anilines is 3. The van der Waals surface area contributed by atoms with Gasteiger partial charge < -0.3 is 19.7 Å². The van der Waals surface area contributed by atoms with Gasteiger partial charge in [-0.1, -0.05) is 12.1 Å². The monoisotopic (exact) mass is 663 g/mol. The van der Waals surface area contributed by atoms with E-state index < -0.39 is 6.04 Å². The van der Waals surface area contributed by atoms with Crippen LogP contribution in [0.5, 0.6) is 0 Å². The lowest BCUT2D eigenvalue weighted by molar-refractivity contribution is -0.000520. The number of esters is 1. The summed E-state index contributed by atoms with van der Waals surface area (Å²) in [4.78, 5) is 54.8. The van der Waals surface area contributed by atoms with Gasteiger partial charge in [0.05, 0.1) is 40.2 Å². The lowest BCUT2D eigenvalue weighted by atomic mass is 9.73. The van der Waals surface area contributed by atoms with Gasteiger partial charge in [-0.2, -0.15) is 0 Å². The molecule has 11 heteroatoms. The van der Waals surface area contributed by atoms with Crippen LogP contribution in [0.1, 0.15) is 67.6 Å². The third-order valence-corrected chi connectivity index (χ3v) is 10.4. The molecule has 7 rings (SSSR count).